The molecule has 0 aliphatic heterocycles. The van der Waals surface area contributed by atoms with Gasteiger partial charge in [-0.15, -0.1) is 21.5 Å². The Bertz CT molecular complexity index is 998. The van der Waals surface area contributed by atoms with E-state index in [9.17, 15) is 9.59 Å². The van der Waals surface area contributed by atoms with Crippen LogP contribution >= 0.6 is 23.1 Å². The summed E-state index contributed by atoms with van der Waals surface area (Å²) in [6, 6.07) is 7.40. The van der Waals surface area contributed by atoms with Crippen LogP contribution in [-0.2, 0) is 18.4 Å². The van der Waals surface area contributed by atoms with Crippen molar-refractivity contribution < 1.29 is 9.59 Å². The molecule has 1 aromatic carbocycles. The molecule has 0 unspecified atom stereocenters. The zero-order valence-corrected chi connectivity index (χ0v) is 17.4. The first-order valence-corrected chi connectivity index (χ1v) is 10.4. The SMILES string of the molecule is Cc1csc(NC(=O)CSc2nnc(CNC(=O)c3ccccc3C)n2C)n1. The van der Waals surface area contributed by atoms with Gasteiger partial charge in [-0.05, 0) is 25.5 Å². The molecule has 0 saturated heterocycles. The summed E-state index contributed by atoms with van der Waals surface area (Å²) in [5.74, 6) is 0.491. The van der Waals surface area contributed by atoms with Gasteiger partial charge in [0.1, 0.15) is 0 Å². The fraction of sp³-hybridized carbons (Fsp3) is 0.278. The van der Waals surface area contributed by atoms with Crippen LogP contribution in [0.25, 0.3) is 0 Å². The van der Waals surface area contributed by atoms with Crippen molar-refractivity contribution in [3.05, 3.63) is 52.3 Å². The number of nitrogens with zero attached hydrogens (tertiary/aromatic N) is 4. The number of hydrogen-bond donors (Lipinski definition) is 2. The Hall–Kier alpha value is -2.72. The van der Waals surface area contributed by atoms with E-state index in [2.05, 4.69) is 25.8 Å². The minimum Gasteiger partial charge on any atom is -0.345 e. The average molecular weight is 417 g/mol. The smallest absolute Gasteiger partial charge is 0.251 e. The summed E-state index contributed by atoms with van der Waals surface area (Å²) in [4.78, 5) is 28.6. The third-order valence-electron chi connectivity index (χ3n) is 3.92. The van der Waals surface area contributed by atoms with Crippen LogP contribution in [0, 0.1) is 13.8 Å². The molecule has 8 nitrogen and oxygen atoms in total. The van der Waals surface area contributed by atoms with Gasteiger partial charge in [-0.2, -0.15) is 0 Å². The molecule has 10 heteroatoms. The number of benzene rings is 1. The minimum absolute atomic E-state index is 0.156. The minimum atomic E-state index is -0.159. The van der Waals surface area contributed by atoms with Crippen molar-refractivity contribution in [1.29, 1.82) is 0 Å². The van der Waals surface area contributed by atoms with Crippen LogP contribution in [-0.4, -0.2) is 37.3 Å². The van der Waals surface area contributed by atoms with Crippen LogP contribution in [0.1, 0.15) is 27.4 Å². The predicted molar refractivity (Wildman–Crippen MR) is 110 cm³/mol. The highest BCUT2D eigenvalue weighted by atomic mass is 32.2. The van der Waals surface area contributed by atoms with Crippen LogP contribution in [0.2, 0.25) is 0 Å². The summed E-state index contributed by atoms with van der Waals surface area (Å²) in [6.07, 6.45) is 0. The number of aryl methyl sites for hydroxylation is 2. The Labute approximate surface area is 170 Å². The van der Waals surface area contributed by atoms with Gasteiger partial charge in [-0.1, -0.05) is 30.0 Å². The van der Waals surface area contributed by atoms with E-state index in [0.717, 1.165) is 11.3 Å². The van der Waals surface area contributed by atoms with Gasteiger partial charge >= 0.3 is 0 Å². The first-order valence-electron chi connectivity index (χ1n) is 8.51. The lowest BCUT2D eigenvalue weighted by Crippen LogP contribution is -2.25. The number of carbonyl (C=O) groups excluding carboxylic acids is 2. The summed E-state index contributed by atoms with van der Waals surface area (Å²) >= 11 is 2.67. The van der Waals surface area contributed by atoms with Gasteiger partial charge in [0.25, 0.3) is 5.91 Å². The monoisotopic (exact) mass is 416 g/mol. The molecule has 2 heterocycles. The second kappa shape index (κ2) is 8.98. The highest BCUT2D eigenvalue weighted by Crippen LogP contribution is 2.18. The van der Waals surface area contributed by atoms with Crippen molar-refractivity contribution in [3.63, 3.8) is 0 Å². The number of hydrogen-bond acceptors (Lipinski definition) is 7. The van der Waals surface area contributed by atoms with Gasteiger partial charge in [0, 0.05) is 18.0 Å². The quantitative estimate of drug-likeness (QED) is 0.574. The Balaban J connectivity index is 1.52. The molecule has 0 radical (unpaired) electrons. The van der Waals surface area contributed by atoms with E-state index in [1.165, 1.54) is 23.1 Å². The molecule has 0 bridgehead atoms. The van der Waals surface area contributed by atoms with Crippen LogP contribution in [0.4, 0.5) is 5.13 Å². The van der Waals surface area contributed by atoms with E-state index in [4.69, 9.17) is 0 Å². The molecule has 0 fully saturated rings. The van der Waals surface area contributed by atoms with Crippen LogP contribution in [0.3, 0.4) is 0 Å². The third kappa shape index (κ3) is 4.96. The van der Waals surface area contributed by atoms with Gasteiger partial charge in [-0.3, -0.25) is 9.59 Å². The summed E-state index contributed by atoms with van der Waals surface area (Å²) in [5, 5.41) is 16.9. The van der Waals surface area contributed by atoms with E-state index in [1.54, 1.807) is 17.7 Å². The van der Waals surface area contributed by atoms with Gasteiger partial charge in [0.15, 0.2) is 16.1 Å². The summed E-state index contributed by atoms with van der Waals surface area (Å²) in [5.41, 5.74) is 2.42. The standard InChI is InChI=1S/C18H20N6O2S2/c1-11-6-4-5-7-13(11)16(26)19-8-14-22-23-18(24(14)3)28-10-15(25)21-17-20-12(2)9-27-17/h4-7,9H,8,10H2,1-3H3,(H,19,26)(H,20,21,25). The Kier molecular flexibility index (Phi) is 6.42. The molecule has 28 heavy (non-hydrogen) atoms. The summed E-state index contributed by atoms with van der Waals surface area (Å²) in [6.45, 7) is 4.02. The molecule has 0 aliphatic rings. The highest BCUT2D eigenvalue weighted by Gasteiger charge is 2.14. The Morgan fingerprint density at radius 1 is 1.21 bits per heavy atom. The van der Waals surface area contributed by atoms with Gasteiger partial charge in [0.2, 0.25) is 5.91 Å². The van der Waals surface area contributed by atoms with E-state index in [-0.39, 0.29) is 24.1 Å². The molecule has 3 aromatic rings. The average Bonchev–Trinajstić information content (AvgIpc) is 3.23. The molecule has 146 valence electrons. The van der Waals surface area contributed by atoms with Crippen molar-refractivity contribution in [2.45, 2.75) is 25.5 Å². The lowest BCUT2D eigenvalue weighted by molar-refractivity contribution is -0.113. The van der Waals surface area contributed by atoms with Crippen LogP contribution < -0.4 is 10.6 Å². The zero-order chi connectivity index (χ0) is 20.1. The topological polar surface area (TPSA) is 102 Å². The van der Waals surface area contributed by atoms with Gasteiger partial charge in [-0.25, -0.2) is 4.98 Å². The number of carbonyl (C=O) groups is 2. The zero-order valence-electron chi connectivity index (χ0n) is 15.7. The number of anilines is 1. The van der Waals surface area contributed by atoms with E-state index < -0.39 is 0 Å². The number of aromatic nitrogens is 4. The van der Waals surface area contributed by atoms with Crippen molar-refractivity contribution in [2.24, 2.45) is 7.05 Å². The fourth-order valence-electron chi connectivity index (χ4n) is 2.40. The molecule has 3 rings (SSSR count). The van der Waals surface area contributed by atoms with Crippen molar-refractivity contribution >= 4 is 40.0 Å². The Morgan fingerprint density at radius 3 is 2.71 bits per heavy atom. The highest BCUT2D eigenvalue weighted by molar-refractivity contribution is 7.99. The maximum absolute atomic E-state index is 12.3. The van der Waals surface area contributed by atoms with Crippen molar-refractivity contribution in [2.75, 3.05) is 11.1 Å². The van der Waals surface area contributed by atoms with Gasteiger partial charge in [0.05, 0.1) is 18.0 Å². The largest absolute Gasteiger partial charge is 0.345 e. The molecule has 0 saturated carbocycles. The van der Waals surface area contributed by atoms with E-state index in [0.29, 0.717) is 21.7 Å². The lowest BCUT2D eigenvalue weighted by Gasteiger charge is -2.07. The second-order valence-electron chi connectivity index (χ2n) is 6.09. The number of thiazole rings is 1. The van der Waals surface area contributed by atoms with Crippen LogP contribution in [0.5, 0.6) is 0 Å². The molecule has 0 atom stereocenters. The normalized spacial score (nSPS) is 10.7. The van der Waals surface area contributed by atoms with Gasteiger partial charge < -0.3 is 15.2 Å². The summed E-state index contributed by atoms with van der Waals surface area (Å²) in [7, 11) is 1.81. The Morgan fingerprint density at radius 2 is 2.00 bits per heavy atom. The number of amides is 2. The molecule has 2 N–H and O–H groups in total. The van der Waals surface area contributed by atoms with E-state index in [1.807, 2.05) is 37.4 Å². The maximum atomic E-state index is 12.3. The molecule has 0 aliphatic carbocycles. The maximum Gasteiger partial charge on any atom is 0.251 e. The van der Waals surface area contributed by atoms with Crippen molar-refractivity contribution in [3.8, 4) is 0 Å². The van der Waals surface area contributed by atoms with Crippen LogP contribution in [0.15, 0.2) is 34.8 Å². The predicted octanol–water partition coefficient (Wildman–Crippen LogP) is 2.55. The molecular formula is C18H20N6O2S2. The number of nitrogens with one attached hydrogen (secondary N) is 2. The molecule has 2 aromatic heterocycles. The summed E-state index contributed by atoms with van der Waals surface area (Å²) < 4.78 is 1.77. The number of rotatable bonds is 7. The lowest BCUT2D eigenvalue weighted by atomic mass is 10.1. The first-order chi connectivity index (χ1) is 13.4. The molecule has 0 spiro atoms. The molecule has 2 amide bonds. The third-order valence-corrected chi connectivity index (χ3v) is 5.82. The molecular weight excluding hydrogens is 396 g/mol. The second-order valence-corrected chi connectivity index (χ2v) is 7.89. The number of thioether (sulfide) groups is 1. The van der Waals surface area contributed by atoms with E-state index >= 15 is 0 Å². The van der Waals surface area contributed by atoms with Crippen molar-refractivity contribution in [1.82, 2.24) is 25.1 Å². The first kappa shape index (κ1) is 20.0. The fourth-order valence-corrected chi connectivity index (χ4v) is 3.84.